The van der Waals surface area contributed by atoms with Crippen molar-refractivity contribution in [3.8, 4) is 0 Å². The van der Waals surface area contributed by atoms with Crippen LogP contribution in [0.2, 0.25) is 0 Å². The zero-order valence-electron chi connectivity index (χ0n) is 11.2. The summed E-state index contributed by atoms with van der Waals surface area (Å²) >= 11 is 1.66. The average Bonchev–Trinajstić information content (AvgIpc) is 2.35. The number of thioether (sulfide) groups is 1. The van der Waals surface area contributed by atoms with Crippen molar-refractivity contribution >= 4 is 27.0 Å². The number of hydrogen-bond acceptors (Lipinski definition) is 4. The van der Waals surface area contributed by atoms with Gasteiger partial charge in [0.05, 0.1) is 0 Å². The van der Waals surface area contributed by atoms with Crippen LogP contribution < -0.4 is 5.32 Å². The van der Waals surface area contributed by atoms with Crippen LogP contribution in [0.15, 0.2) is 35.2 Å². The van der Waals surface area contributed by atoms with E-state index in [9.17, 15) is 9.13 Å². The summed E-state index contributed by atoms with van der Waals surface area (Å²) < 4.78 is 22.0. The summed E-state index contributed by atoms with van der Waals surface area (Å²) in [6.07, 6.45) is 1.33. The zero-order valence-corrected chi connectivity index (χ0v) is 13.8. The summed E-state index contributed by atoms with van der Waals surface area (Å²) in [6, 6.07) is 9.78. The molecule has 0 heterocycles. The van der Waals surface area contributed by atoms with Crippen LogP contribution in [0.4, 0.5) is 0 Å². The smallest absolute Gasteiger partial charge is 0.323 e. The van der Waals surface area contributed by atoms with Crippen LogP contribution >= 0.6 is 27.0 Å². The molecule has 0 fully saturated rings. The van der Waals surface area contributed by atoms with Gasteiger partial charge in [-0.15, -0.1) is 11.8 Å². The summed E-state index contributed by atoms with van der Waals surface area (Å²) in [7, 11) is -9.76. The van der Waals surface area contributed by atoms with Crippen LogP contribution in [0.3, 0.4) is 0 Å². The van der Waals surface area contributed by atoms with Gasteiger partial charge >= 0.3 is 15.2 Å². The first kappa shape index (κ1) is 18.9. The second-order valence-corrected chi connectivity index (χ2v) is 9.34. The Morgan fingerprint density at radius 3 is 2.10 bits per heavy atom. The Bertz CT molecular complexity index is 495. The van der Waals surface area contributed by atoms with E-state index >= 15 is 0 Å². The molecule has 0 aliphatic carbocycles. The summed E-state index contributed by atoms with van der Waals surface area (Å²) in [5, 5.41) is 2.26. The number of benzene rings is 1. The van der Waals surface area contributed by atoms with E-state index in [0.717, 1.165) is 17.1 Å². The maximum absolute atomic E-state index is 11.0. The topological polar surface area (TPSA) is 127 Å². The Morgan fingerprint density at radius 2 is 1.57 bits per heavy atom. The predicted molar refractivity (Wildman–Crippen MR) is 82.3 cm³/mol. The number of rotatable bonds is 9. The maximum Gasteiger partial charge on any atom is 0.354 e. The van der Waals surface area contributed by atoms with Crippen molar-refractivity contribution < 1.29 is 28.7 Å². The van der Waals surface area contributed by atoms with Crippen LogP contribution in [-0.2, 0) is 9.13 Å². The van der Waals surface area contributed by atoms with Gasteiger partial charge in [-0.3, -0.25) is 14.4 Å². The molecule has 10 heteroatoms. The summed E-state index contributed by atoms with van der Waals surface area (Å²) in [4.78, 5) is 36.8. The van der Waals surface area contributed by atoms with E-state index < -0.39 is 20.7 Å². The molecule has 21 heavy (non-hydrogen) atoms. The van der Waals surface area contributed by atoms with Gasteiger partial charge in [-0.2, -0.15) is 0 Å². The number of nitrogens with one attached hydrogen (secondary N) is 1. The summed E-state index contributed by atoms with van der Waals surface area (Å²) in [5.74, 6) is 0.822. The highest BCUT2D eigenvalue weighted by atomic mass is 32.2. The van der Waals surface area contributed by atoms with Crippen LogP contribution in [0, 0.1) is 0 Å². The lowest BCUT2D eigenvalue weighted by Gasteiger charge is -2.20. The average molecular weight is 355 g/mol. The van der Waals surface area contributed by atoms with Crippen LogP contribution in [0.1, 0.15) is 12.8 Å². The van der Waals surface area contributed by atoms with Gasteiger partial charge in [0.15, 0.2) is 0 Å². The Hall–Kier alpha value is -0.170. The normalized spacial score (nSPS) is 12.8. The van der Waals surface area contributed by atoms with Crippen molar-refractivity contribution in [1.29, 1.82) is 0 Å². The lowest BCUT2D eigenvalue weighted by Crippen LogP contribution is -2.29. The predicted octanol–water partition coefficient (Wildman–Crippen LogP) is 1.79. The van der Waals surface area contributed by atoms with E-state index in [1.807, 2.05) is 30.3 Å². The lowest BCUT2D eigenvalue weighted by molar-refractivity contribution is 0.327. The summed E-state index contributed by atoms with van der Waals surface area (Å²) in [5.41, 5.74) is -2.12. The maximum atomic E-state index is 11.0. The Labute approximate surface area is 127 Å². The molecular weight excluding hydrogens is 336 g/mol. The third kappa shape index (κ3) is 7.58. The highest BCUT2D eigenvalue weighted by molar-refractivity contribution is 7.99. The van der Waals surface area contributed by atoms with Gasteiger partial charge in [0, 0.05) is 4.90 Å². The molecule has 0 aliphatic heterocycles. The van der Waals surface area contributed by atoms with E-state index in [0.29, 0.717) is 6.42 Å². The van der Waals surface area contributed by atoms with Crippen molar-refractivity contribution in [1.82, 2.24) is 5.32 Å². The quantitative estimate of drug-likeness (QED) is 0.258. The molecule has 0 atom stereocenters. The monoisotopic (exact) mass is 355 g/mol. The standard InChI is InChI=1S/C11H19NO6P2S/c13-19(14,15)11(20(16,17)18)12-8-4-5-9-21-10-6-2-1-3-7-10/h1-3,6-7,11-12H,4-5,8-9H2,(H2,13,14,15)(H2,16,17,18). The van der Waals surface area contributed by atoms with Crippen molar-refractivity contribution in [3.05, 3.63) is 30.3 Å². The van der Waals surface area contributed by atoms with E-state index in [1.54, 1.807) is 11.8 Å². The minimum atomic E-state index is -4.88. The molecule has 0 saturated heterocycles. The fourth-order valence-electron chi connectivity index (χ4n) is 1.60. The highest BCUT2D eigenvalue weighted by Gasteiger charge is 2.42. The molecule has 7 nitrogen and oxygen atoms in total. The molecule has 0 aromatic heterocycles. The molecule has 0 amide bonds. The van der Waals surface area contributed by atoms with Crippen LogP contribution in [0.5, 0.6) is 0 Å². The van der Waals surface area contributed by atoms with Gasteiger partial charge in [-0.05, 0) is 37.3 Å². The van der Waals surface area contributed by atoms with Gasteiger partial charge in [0.25, 0.3) is 0 Å². The largest absolute Gasteiger partial charge is 0.354 e. The molecule has 1 aromatic rings. The molecule has 0 spiro atoms. The highest BCUT2D eigenvalue weighted by Crippen LogP contribution is 2.58. The fraction of sp³-hybridized carbons (Fsp3) is 0.455. The lowest BCUT2D eigenvalue weighted by atomic mass is 10.3. The third-order valence-corrected chi connectivity index (χ3v) is 7.09. The molecular formula is C11H19NO6P2S. The van der Waals surface area contributed by atoms with Crippen molar-refractivity contribution in [2.75, 3.05) is 12.3 Å². The Balaban J connectivity index is 2.26. The molecule has 120 valence electrons. The van der Waals surface area contributed by atoms with Gasteiger partial charge in [0.1, 0.15) is 0 Å². The minimum Gasteiger partial charge on any atom is -0.323 e. The molecule has 0 aliphatic rings. The minimum absolute atomic E-state index is 0.135. The molecule has 1 aromatic carbocycles. The zero-order chi connectivity index (χ0) is 15.9. The first-order valence-electron chi connectivity index (χ1n) is 6.23. The second kappa shape index (κ2) is 8.46. The van der Waals surface area contributed by atoms with E-state index in [1.165, 1.54) is 0 Å². The van der Waals surface area contributed by atoms with Crippen molar-refractivity contribution in [3.63, 3.8) is 0 Å². The molecule has 0 bridgehead atoms. The van der Waals surface area contributed by atoms with Gasteiger partial charge in [0.2, 0.25) is 5.52 Å². The van der Waals surface area contributed by atoms with Crippen LogP contribution in [-0.4, -0.2) is 37.4 Å². The van der Waals surface area contributed by atoms with E-state index in [4.69, 9.17) is 19.6 Å². The molecule has 1 rings (SSSR count). The van der Waals surface area contributed by atoms with Gasteiger partial charge in [-0.25, -0.2) is 0 Å². The van der Waals surface area contributed by atoms with Crippen molar-refractivity contribution in [2.24, 2.45) is 0 Å². The molecule has 0 radical (unpaired) electrons. The first-order valence-corrected chi connectivity index (χ1v) is 10.6. The van der Waals surface area contributed by atoms with Gasteiger partial charge in [-0.1, -0.05) is 18.2 Å². The fourth-order valence-corrected chi connectivity index (χ4v) is 4.83. The van der Waals surface area contributed by atoms with Gasteiger partial charge < -0.3 is 19.6 Å². The Kier molecular flexibility index (Phi) is 7.60. The van der Waals surface area contributed by atoms with Crippen LogP contribution in [0.25, 0.3) is 0 Å². The molecule has 0 saturated carbocycles. The molecule has 0 unspecified atom stereocenters. The van der Waals surface area contributed by atoms with E-state index in [-0.39, 0.29) is 6.54 Å². The summed E-state index contributed by atoms with van der Waals surface area (Å²) in [6.45, 7) is 0.135. The SMILES string of the molecule is O=P(O)(O)C(NCCCCSc1ccccc1)P(=O)(O)O. The Morgan fingerprint density at radius 1 is 1.00 bits per heavy atom. The molecule has 5 N–H and O–H groups in total. The number of unbranched alkanes of at least 4 members (excludes halogenated alkanes) is 1. The number of hydrogen-bond donors (Lipinski definition) is 5. The van der Waals surface area contributed by atoms with Crippen molar-refractivity contribution in [2.45, 2.75) is 23.3 Å². The third-order valence-electron chi connectivity index (χ3n) is 2.55. The first-order chi connectivity index (χ1) is 9.71. The van der Waals surface area contributed by atoms with E-state index in [2.05, 4.69) is 5.32 Å². The second-order valence-electron chi connectivity index (χ2n) is 4.37.